The van der Waals surface area contributed by atoms with Crippen LogP contribution >= 0.6 is 0 Å². The first kappa shape index (κ1) is 10.1. The van der Waals surface area contributed by atoms with Gasteiger partial charge >= 0.3 is 5.97 Å². The number of Topliss-reactive ketones (excluding diaryl/α,β-unsaturated/α-hetero) is 1. The molecule has 0 amide bonds. The third-order valence-electron chi connectivity index (χ3n) is 2.28. The Kier molecular flexibility index (Phi) is 2.97. The van der Waals surface area contributed by atoms with Gasteiger partial charge in [-0.2, -0.15) is 0 Å². The molecule has 0 radical (unpaired) electrons. The summed E-state index contributed by atoms with van der Waals surface area (Å²) in [6, 6.07) is -0.750. The molecule has 1 saturated heterocycles. The first-order chi connectivity index (χ1) is 6.06. The van der Waals surface area contributed by atoms with Gasteiger partial charge in [0.25, 0.3) is 0 Å². The molecule has 1 aliphatic heterocycles. The number of nitrogens with two attached hydrogens (primary N) is 2. The molecular formula is C7H13N3O3. The van der Waals surface area contributed by atoms with Crippen LogP contribution in [0.5, 0.6) is 0 Å². The summed E-state index contributed by atoms with van der Waals surface area (Å²) in [4.78, 5) is 21.7. The number of hydrazine groups is 1. The van der Waals surface area contributed by atoms with Crippen molar-refractivity contribution in [3.05, 3.63) is 0 Å². The third-order valence-corrected chi connectivity index (χ3v) is 2.28. The van der Waals surface area contributed by atoms with Gasteiger partial charge in [-0.15, -0.1) is 0 Å². The van der Waals surface area contributed by atoms with Crippen LogP contribution in [0.4, 0.5) is 0 Å². The summed E-state index contributed by atoms with van der Waals surface area (Å²) >= 11 is 0. The van der Waals surface area contributed by atoms with E-state index in [2.05, 4.69) is 0 Å². The van der Waals surface area contributed by atoms with E-state index in [9.17, 15) is 9.59 Å². The Labute approximate surface area is 75.5 Å². The fraction of sp³-hybridized carbons (Fsp3) is 0.714. The Bertz CT molecular complexity index is 231. The van der Waals surface area contributed by atoms with Gasteiger partial charge in [0.15, 0.2) is 5.78 Å². The molecule has 0 aromatic carbocycles. The van der Waals surface area contributed by atoms with Crippen LogP contribution in [0.3, 0.4) is 0 Å². The van der Waals surface area contributed by atoms with E-state index >= 15 is 0 Å². The van der Waals surface area contributed by atoms with E-state index in [1.165, 1.54) is 5.01 Å². The number of carbonyl (C=O) groups is 2. The predicted octanol–water partition coefficient (Wildman–Crippen LogP) is -1.84. The van der Waals surface area contributed by atoms with Gasteiger partial charge in [0, 0.05) is 12.5 Å². The molecule has 0 saturated carbocycles. The zero-order chi connectivity index (χ0) is 10.0. The van der Waals surface area contributed by atoms with Gasteiger partial charge in [-0.3, -0.25) is 15.4 Å². The van der Waals surface area contributed by atoms with Crippen molar-refractivity contribution in [3.63, 3.8) is 0 Å². The highest BCUT2D eigenvalue weighted by molar-refractivity contribution is 5.85. The maximum absolute atomic E-state index is 11.1. The van der Waals surface area contributed by atoms with Crippen LogP contribution in [0.25, 0.3) is 0 Å². The van der Waals surface area contributed by atoms with Crippen LogP contribution in [-0.4, -0.2) is 41.0 Å². The Morgan fingerprint density at radius 2 is 2.15 bits per heavy atom. The normalized spacial score (nSPS) is 29.1. The minimum Gasteiger partial charge on any atom is -0.480 e. The monoisotopic (exact) mass is 187 g/mol. The number of carboxylic acid groups (broad SMARTS) is 1. The lowest BCUT2D eigenvalue weighted by atomic mass is 10.0. The number of rotatable bonds is 3. The standard InChI is InChI=1S/C7H13N3O3/c8-2-6(11)4-1-5(7(12)13)10(9)3-4/h4-5H,1-3,8-9H2,(H,12,13)/t4-,5+/m1/s1. The van der Waals surface area contributed by atoms with Gasteiger partial charge in [-0.05, 0) is 6.42 Å². The molecular weight excluding hydrogens is 174 g/mol. The Morgan fingerprint density at radius 3 is 2.54 bits per heavy atom. The van der Waals surface area contributed by atoms with Crippen molar-refractivity contribution in [1.29, 1.82) is 0 Å². The molecule has 0 aromatic heterocycles. The number of carbonyl (C=O) groups excluding carboxylic acids is 1. The van der Waals surface area contributed by atoms with E-state index in [-0.39, 0.29) is 31.2 Å². The van der Waals surface area contributed by atoms with Crippen molar-refractivity contribution in [2.24, 2.45) is 17.5 Å². The second kappa shape index (κ2) is 3.82. The van der Waals surface area contributed by atoms with Crippen LogP contribution in [-0.2, 0) is 9.59 Å². The summed E-state index contributed by atoms with van der Waals surface area (Å²) in [7, 11) is 0. The van der Waals surface area contributed by atoms with Gasteiger partial charge in [0.1, 0.15) is 6.04 Å². The lowest BCUT2D eigenvalue weighted by molar-refractivity contribution is -0.142. The van der Waals surface area contributed by atoms with Crippen LogP contribution in [0.1, 0.15) is 6.42 Å². The van der Waals surface area contributed by atoms with Crippen molar-refractivity contribution in [2.75, 3.05) is 13.1 Å². The zero-order valence-corrected chi connectivity index (χ0v) is 7.14. The van der Waals surface area contributed by atoms with Crippen LogP contribution in [0.2, 0.25) is 0 Å². The quantitative estimate of drug-likeness (QED) is 0.448. The van der Waals surface area contributed by atoms with Gasteiger partial charge in [-0.1, -0.05) is 0 Å². The highest BCUT2D eigenvalue weighted by atomic mass is 16.4. The average molecular weight is 187 g/mol. The lowest BCUT2D eigenvalue weighted by Gasteiger charge is -2.12. The molecule has 1 heterocycles. The number of aliphatic carboxylic acids is 1. The molecule has 13 heavy (non-hydrogen) atoms. The minimum atomic E-state index is -0.991. The molecule has 0 aromatic rings. The van der Waals surface area contributed by atoms with Gasteiger partial charge in [-0.25, -0.2) is 5.01 Å². The minimum absolute atomic E-state index is 0.0507. The molecule has 74 valence electrons. The number of nitrogens with zero attached hydrogens (tertiary/aromatic N) is 1. The average Bonchev–Trinajstić information content (AvgIpc) is 2.46. The molecule has 0 spiro atoms. The van der Waals surface area contributed by atoms with Gasteiger partial charge in [0.2, 0.25) is 0 Å². The molecule has 5 N–H and O–H groups in total. The summed E-state index contributed by atoms with van der Waals surface area (Å²) in [5.74, 6) is 3.98. The van der Waals surface area contributed by atoms with Crippen LogP contribution in [0.15, 0.2) is 0 Å². The van der Waals surface area contributed by atoms with Gasteiger partial charge < -0.3 is 10.8 Å². The molecule has 0 bridgehead atoms. The maximum Gasteiger partial charge on any atom is 0.322 e. The highest BCUT2D eigenvalue weighted by Gasteiger charge is 2.37. The molecule has 1 fully saturated rings. The highest BCUT2D eigenvalue weighted by Crippen LogP contribution is 2.20. The van der Waals surface area contributed by atoms with E-state index in [0.717, 1.165) is 0 Å². The topological polar surface area (TPSA) is 110 Å². The van der Waals surface area contributed by atoms with Crippen molar-refractivity contribution >= 4 is 11.8 Å². The fourth-order valence-electron chi connectivity index (χ4n) is 1.50. The number of carboxylic acids is 1. The maximum atomic E-state index is 11.1. The second-order valence-corrected chi connectivity index (χ2v) is 3.15. The molecule has 2 atom stereocenters. The molecule has 1 aliphatic rings. The van der Waals surface area contributed by atoms with Crippen molar-refractivity contribution in [2.45, 2.75) is 12.5 Å². The first-order valence-corrected chi connectivity index (χ1v) is 4.03. The van der Waals surface area contributed by atoms with Crippen molar-refractivity contribution < 1.29 is 14.7 Å². The van der Waals surface area contributed by atoms with E-state index < -0.39 is 12.0 Å². The molecule has 0 unspecified atom stereocenters. The molecule has 6 nitrogen and oxygen atoms in total. The fourth-order valence-corrected chi connectivity index (χ4v) is 1.50. The Balaban J connectivity index is 2.59. The largest absolute Gasteiger partial charge is 0.480 e. The smallest absolute Gasteiger partial charge is 0.322 e. The SMILES string of the molecule is NCC(=O)[C@@H]1C[C@@H](C(=O)O)N(N)C1. The van der Waals surface area contributed by atoms with Crippen molar-refractivity contribution in [1.82, 2.24) is 5.01 Å². The second-order valence-electron chi connectivity index (χ2n) is 3.15. The third kappa shape index (κ3) is 2.03. The molecule has 0 aliphatic carbocycles. The lowest BCUT2D eigenvalue weighted by Crippen LogP contribution is -2.41. The van der Waals surface area contributed by atoms with Crippen molar-refractivity contribution in [3.8, 4) is 0 Å². The number of ketones is 1. The summed E-state index contributed by atoms with van der Waals surface area (Å²) < 4.78 is 0. The predicted molar refractivity (Wildman–Crippen MR) is 44.5 cm³/mol. The number of hydrogen-bond donors (Lipinski definition) is 3. The molecule has 1 rings (SSSR count). The summed E-state index contributed by atoms with van der Waals surface area (Å²) in [5, 5.41) is 9.87. The van der Waals surface area contributed by atoms with E-state index in [1.807, 2.05) is 0 Å². The van der Waals surface area contributed by atoms with E-state index in [4.69, 9.17) is 16.7 Å². The zero-order valence-electron chi connectivity index (χ0n) is 7.14. The van der Waals surface area contributed by atoms with Crippen LogP contribution < -0.4 is 11.6 Å². The summed E-state index contributed by atoms with van der Waals surface area (Å²) in [6.07, 6.45) is 0.266. The first-order valence-electron chi connectivity index (χ1n) is 4.03. The summed E-state index contributed by atoms with van der Waals surface area (Å²) in [6.45, 7) is 0.234. The Morgan fingerprint density at radius 1 is 1.54 bits per heavy atom. The Hall–Kier alpha value is -0.980. The van der Waals surface area contributed by atoms with E-state index in [0.29, 0.717) is 0 Å². The van der Waals surface area contributed by atoms with Gasteiger partial charge in [0.05, 0.1) is 6.54 Å². The number of hydrogen-bond acceptors (Lipinski definition) is 5. The van der Waals surface area contributed by atoms with E-state index in [1.54, 1.807) is 0 Å². The summed E-state index contributed by atoms with van der Waals surface area (Å²) in [5.41, 5.74) is 5.16. The molecule has 6 heteroatoms. The van der Waals surface area contributed by atoms with Crippen LogP contribution in [0, 0.1) is 5.92 Å².